The number of aromatic nitrogens is 3. The molecule has 1 fully saturated rings. The van der Waals surface area contributed by atoms with Crippen molar-refractivity contribution < 1.29 is 13.5 Å². The topological polar surface area (TPSA) is 67.2 Å². The van der Waals surface area contributed by atoms with Gasteiger partial charge in [-0.1, -0.05) is 6.92 Å². The molecule has 0 saturated carbocycles. The summed E-state index contributed by atoms with van der Waals surface area (Å²) in [5.74, 6) is -0.994. The highest BCUT2D eigenvalue weighted by atomic mass is 19.1. The standard InChI is InChI=1S/C24H30F2N6O/c1-4-22-14-33-17(3)13-31(22)6-5-27-20-7-16(2)8-21(12-20)29-24-28-15-32(30-24)23-10-18(25)9-19(26)11-23/h7-12,15,17,22,27H,4-6,13-14H2,1-3H3,(H,29,30). The Morgan fingerprint density at radius 1 is 1.09 bits per heavy atom. The normalized spacial score (nSPS) is 18.9. The van der Waals surface area contributed by atoms with E-state index in [2.05, 4.69) is 45.5 Å². The highest BCUT2D eigenvalue weighted by Gasteiger charge is 2.24. The van der Waals surface area contributed by atoms with Gasteiger partial charge in [0.05, 0.1) is 18.4 Å². The molecule has 4 rings (SSSR count). The summed E-state index contributed by atoms with van der Waals surface area (Å²) >= 11 is 0. The predicted octanol–water partition coefficient (Wildman–Crippen LogP) is 4.51. The monoisotopic (exact) mass is 456 g/mol. The fourth-order valence-corrected chi connectivity index (χ4v) is 4.11. The Morgan fingerprint density at radius 3 is 2.61 bits per heavy atom. The van der Waals surface area contributed by atoms with Gasteiger partial charge >= 0.3 is 0 Å². The van der Waals surface area contributed by atoms with Gasteiger partial charge in [0.1, 0.15) is 18.0 Å². The van der Waals surface area contributed by atoms with Crippen molar-refractivity contribution in [2.45, 2.75) is 39.3 Å². The van der Waals surface area contributed by atoms with Crippen molar-refractivity contribution in [2.75, 3.05) is 36.9 Å². The van der Waals surface area contributed by atoms with E-state index in [1.807, 2.05) is 19.1 Å². The van der Waals surface area contributed by atoms with Gasteiger partial charge in [-0.05, 0) is 56.2 Å². The van der Waals surface area contributed by atoms with Gasteiger partial charge in [0.15, 0.2) is 0 Å². The molecule has 33 heavy (non-hydrogen) atoms. The number of benzene rings is 2. The van der Waals surface area contributed by atoms with E-state index in [-0.39, 0.29) is 11.8 Å². The van der Waals surface area contributed by atoms with Crippen LogP contribution < -0.4 is 10.6 Å². The quantitative estimate of drug-likeness (QED) is 0.520. The first-order chi connectivity index (χ1) is 15.9. The number of hydrogen-bond acceptors (Lipinski definition) is 6. The molecule has 1 aliphatic rings. The van der Waals surface area contributed by atoms with Gasteiger partial charge in [-0.25, -0.2) is 13.5 Å². The summed E-state index contributed by atoms with van der Waals surface area (Å²) in [5, 5.41) is 11.0. The maximum atomic E-state index is 13.5. The van der Waals surface area contributed by atoms with Crippen LogP contribution >= 0.6 is 0 Å². The van der Waals surface area contributed by atoms with Gasteiger partial charge in [-0.3, -0.25) is 4.90 Å². The van der Waals surface area contributed by atoms with Crippen molar-refractivity contribution in [2.24, 2.45) is 0 Å². The molecule has 0 radical (unpaired) electrons. The van der Waals surface area contributed by atoms with Crippen LogP contribution in [0.5, 0.6) is 0 Å². The lowest BCUT2D eigenvalue weighted by molar-refractivity contribution is -0.0541. The third kappa shape index (κ3) is 6.06. The van der Waals surface area contributed by atoms with Gasteiger partial charge in [0.25, 0.3) is 0 Å². The highest BCUT2D eigenvalue weighted by Crippen LogP contribution is 2.22. The van der Waals surface area contributed by atoms with Gasteiger partial charge in [-0.15, -0.1) is 5.10 Å². The second-order valence-electron chi connectivity index (χ2n) is 8.48. The lowest BCUT2D eigenvalue weighted by Crippen LogP contribution is -2.49. The molecule has 0 bridgehead atoms. The van der Waals surface area contributed by atoms with Crippen LogP contribution in [0.3, 0.4) is 0 Å². The lowest BCUT2D eigenvalue weighted by Gasteiger charge is -2.38. The molecule has 2 heterocycles. The first kappa shape index (κ1) is 23.1. The average molecular weight is 457 g/mol. The minimum Gasteiger partial charge on any atom is -0.384 e. The lowest BCUT2D eigenvalue weighted by atomic mass is 10.1. The summed E-state index contributed by atoms with van der Waals surface area (Å²) in [5.41, 5.74) is 3.17. The fourth-order valence-electron chi connectivity index (χ4n) is 4.11. The summed E-state index contributed by atoms with van der Waals surface area (Å²) in [6.45, 7) is 9.84. The minimum atomic E-state index is -0.666. The number of aryl methyl sites for hydroxylation is 1. The summed E-state index contributed by atoms with van der Waals surface area (Å²) in [7, 11) is 0. The minimum absolute atomic E-state index is 0.263. The van der Waals surface area contributed by atoms with Crippen LogP contribution in [0.15, 0.2) is 42.7 Å². The molecule has 1 aromatic heterocycles. The zero-order chi connectivity index (χ0) is 23.4. The number of anilines is 3. The third-order valence-electron chi connectivity index (χ3n) is 5.72. The molecule has 1 aliphatic heterocycles. The highest BCUT2D eigenvalue weighted by molar-refractivity contribution is 5.63. The molecule has 176 valence electrons. The molecule has 7 nitrogen and oxygen atoms in total. The van der Waals surface area contributed by atoms with E-state index in [0.29, 0.717) is 12.0 Å². The Morgan fingerprint density at radius 2 is 1.85 bits per heavy atom. The average Bonchev–Trinajstić information content (AvgIpc) is 3.21. The number of morpholine rings is 1. The number of nitrogens with one attached hydrogen (secondary N) is 2. The van der Waals surface area contributed by atoms with E-state index >= 15 is 0 Å². The summed E-state index contributed by atoms with van der Waals surface area (Å²) in [4.78, 5) is 6.70. The fraction of sp³-hybridized carbons (Fsp3) is 0.417. The molecule has 2 unspecified atom stereocenters. The zero-order valence-corrected chi connectivity index (χ0v) is 19.2. The molecular weight excluding hydrogens is 426 g/mol. The number of ether oxygens (including phenoxy) is 1. The molecule has 0 aliphatic carbocycles. The predicted molar refractivity (Wildman–Crippen MR) is 125 cm³/mol. The van der Waals surface area contributed by atoms with Crippen molar-refractivity contribution in [1.29, 1.82) is 0 Å². The molecule has 2 atom stereocenters. The van der Waals surface area contributed by atoms with E-state index in [1.165, 1.54) is 23.1 Å². The van der Waals surface area contributed by atoms with Gasteiger partial charge in [0, 0.05) is 43.1 Å². The van der Waals surface area contributed by atoms with Gasteiger partial charge < -0.3 is 15.4 Å². The van der Waals surface area contributed by atoms with Crippen molar-refractivity contribution in [3.8, 4) is 5.69 Å². The molecule has 0 spiro atoms. The van der Waals surface area contributed by atoms with E-state index in [4.69, 9.17) is 4.74 Å². The molecule has 1 saturated heterocycles. The maximum absolute atomic E-state index is 13.5. The van der Waals surface area contributed by atoms with Crippen LogP contribution in [0.2, 0.25) is 0 Å². The van der Waals surface area contributed by atoms with E-state index in [0.717, 1.165) is 55.7 Å². The van der Waals surface area contributed by atoms with Crippen LogP contribution in [-0.4, -0.2) is 58.1 Å². The third-order valence-corrected chi connectivity index (χ3v) is 5.72. The van der Waals surface area contributed by atoms with Crippen LogP contribution in [-0.2, 0) is 4.74 Å². The number of rotatable bonds is 8. The number of halogens is 2. The Balaban J connectivity index is 1.39. The Kier molecular flexibility index (Phi) is 7.20. The molecular formula is C24H30F2N6O. The molecule has 0 amide bonds. The van der Waals surface area contributed by atoms with Crippen molar-refractivity contribution in [1.82, 2.24) is 19.7 Å². The van der Waals surface area contributed by atoms with Crippen LogP contribution in [0.1, 0.15) is 25.8 Å². The Hall–Kier alpha value is -3.04. The van der Waals surface area contributed by atoms with Gasteiger partial charge in [0.2, 0.25) is 5.95 Å². The van der Waals surface area contributed by atoms with E-state index in [9.17, 15) is 8.78 Å². The van der Waals surface area contributed by atoms with Gasteiger partial charge in [-0.2, -0.15) is 4.98 Å². The molecule has 9 heteroatoms. The zero-order valence-electron chi connectivity index (χ0n) is 19.2. The molecule has 2 aromatic carbocycles. The smallest absolute Gasteiger partial charge is 0.246 e. The van der Waals surface area contributed by atoms with E-state index < -0.39 is 11.6 Å². The van der Waals surface area contributed by atoms with Crippen LogP contribution in [0.25, 0.3) is 5.69 Å². The van der Waals surface area contributed by atoms with Crippen molar-refractivity contribution >= 4 is 17.3 Å². The summed E-state index contributed by atoms with van der Waals surface area (Å²) < 4.78 is 34.1. The van der Waals surface area contributed by atoms with Crippen LogP contribution in [0, 0.1) is 18.6 Å². The molecule has 3 aromatic rings. The van der Waals surface area contributed by atoms with E-state index in [1.54, 1.807) is 0 Å². The first-order valence-electron chi connectivity index (χ1n) is 11.3. The Labute approximate surface area is 192 Å². The summed E-state index contributed by atoms with van der Waals surface area (Å²) in [6, 6.07) is 9.77. The van der Waals surface area contributed by atoms with Crippen LogP contribution in [0.4, 0.5) is 26.1 Å². The SMILES string of the molecule is CCC1COC(C)CN1CCNc1cc(C)cc(Nc2ncn(-c3cc(F)cc(F)c3)n2)c1. The second-order valence-corrected chi connectivity index (χ2v) is 8.48. The largest absolute Gasteiger partial charge is 0.384 e. The number of hydrogen-bond donors (Lipinski definition) is 2. The van der Waals surface area contributed by atoms with Crippen molar-refractivity contribution in [3.05, 3.63) is 59.9 Å². The second kappa shape index (κ2) is 10.3. The van der Waals surface area contributed by atoms with Crippen molar-refractivity contribution in [3.63, 3.8) is 0 Å². The molecule has 2 N–H and O–H groups in total. The number of nitrogens with zero attached hydrogens (tertiary/aromatic N) is 4. The Bertz CT molecular complexity index is 1070. The summed E-state index contributed by atoms with van der Waals surface area (Å²) in [6.07, 6.45) is 2.75. The maximum Gasteiger partial charge on any atom is 0.246 e. The first-order valence-corrected chi connectivity index (χ1v) is 11.3.